The number of amides is 1. The number of H-pyrrole nitrogens is 1. The summed E-state index contributed by atoms with van der Waals surface area (Å²) in [6.07, 6.45) is 3.40. The number of unbranched alkanes of at least 4 members (excludes halogenated alkanes) is 1. The topological polar surface area (TPSA) is 130 Å². The second-order valence-electron chi connectivity index (χ2n) is 10.00. The van der Waals surface area contributed by atoms with Gasteiger partial charge >= 0.3 is 0 Å². The highest BCUT2D eigenvalue weighted by molar-refractivity contribution is 6.20. The zero-order chi connectivity index (χ0) is 27.1. The molecule has 1 unspecified atom stereocenters. The van der Waals surface area contributed by atoms with Crippen molar-refractivity contribution >= 4 is 11.7 Å². The van der Waals surface area contributed by atoms with E-state index in [0.717, 1.165) is 58.7 Å². The van der Waals surface area contributed by atoms with E-state index in [9.17, 15) is 14.7 Å². The Kier molecular flexibility index (Phi) is 6.30. The molecule has 0 fully saturated rings. The van der Waals surface area contributed by atoms with Gasteiger partial charge in [0.1, 0.15) is 23.2 Å². The summed E-state index contributed by atoms with van der Waals surface area (Å²) in [4.78, 5) is 31.7. The van der Waals surface area contributed by atoms with Crippen LogP contribution in [-0.4, -0.2) is 58.4 Å². The summed E-state index contributed by atoms with van der Waals surface area (Å²) >= 11 is 0. The molecule has 0 saturated heterocycles. The Morgan fingerprint density at radius 3 is 2.59 bits per heavy atom. The van der Waals surface area contributed by atoms with Gasteiger partial charge in [-0.15, -0.1) is 10.2 Å². The van der Waals surface area contributed by atoms with E-state index in [0.29, 0.717) is 25.3 Å². The number of Topliss-reactive ketones (excluding diaryl/α,β-unsaturated/α-hetero) is 1. The number of aliphatic hydroxyl groups is 1. The first-order valence-electron chi connectivity index (χ1n) is 13.2. The SMILES string of the molecule is CCCCc1nc2c(n1Cc1ccc(-c3ccccc3-c3nn[nH]n3)cc1)C1C(O)=C(C(C)=O)C(=O)N1CC2. The molecule has 0 bridgehead atoms. The summed E-state index contributed by atoms with van der Waals surface area (Å²) in [7, 11) is 0. The number of ketones is 1. The number of nitrogens with one attached hydrogen (secondary N) is 1. The normalized spacial score (nSPS) is 16.5. The van der Waals surface area contributed by atoms with E-state index in [1.807, 2.05) is 24.3 Å². The second kappa shape index (κ2) is 9.94. The highest BCUT2D eigenvalue weighted by Crippen LogP contribution is 2.42. The van der Waals surface area contributed by atoms with Crippen molar-refractivity contribution in [3.05, 3.63) is 82.6 Å². The van der Waals surface area contributed by atoms with Crippen molar-refractivity contribution in [3.63, 3.8) is 0 Å². The lowest BCUT2D eigenvalue weighted by Crippen LogP contribution is -2.37. The van der Waals surface area contributed by atoms with Crippen LogP contribution in [0.4, 0.5) is 0 Å². The van der Waals surface area contributed by atoms with Gasteiger partial charge in [0.15, 0.2) is 5.78 Å². The van der Waals surface area contributed by atoms with Crippen molar-refractivity contribution in [2.45, 2.75) is 52.1 Å². The van der Waals surface area contributed by atoms with Crippen LogP contribution in [0.1, 0.15) is 55.5 Å². The Labute approximate surface area is 225 Å². The van der Waals surface area contributed by atoms with Gasteiger partial charge < -0.3 is 14.6 Å². The van der Waals surface area contributed by atoms with E-state index in [4.69, 9.17) is 4.98 Å². The fourth-order valence-corrected chi connectivity index (χ4v) is 5.66. The van der Waals surface area contributed by atoms with Crippen molar-refractivity contribution in [1.29, 1.82) is 0 Å². The van der Waals surface area contributed by atoms with Gasteiger partial charge in [-0.25, -0.2) is 4.98 Å². The molecule has 2 N–H and O–H groups in total. The number of imidazole rings is 1. The van der Waals surface area contributed by atoms with Crippen LogP contribution >= 0.6 is 0 Å². The molecule has 6 rings (SSSR count). The highest BCUT2D eigenvalue weighted by Gasteiger charge is 2.47. The van der Waals surface area contributed by atoms with E-state index in [1.54, 1.807) is 4.90 Å². The quantitative estimate of drug-likeness (QED) is 0.334. The van der Waals surface area contributed by atoms with Crippen LogP contribution in [0, 0.1) is 0 Å². The number of benzene rings is 2. The Hall–Kier alpha value is -4.60. The average Bonchev–Trinajstić information content (AvgIpc) is 3.65. The molecule has 1 amide bonds. The number of carbonyl (C=O) groups excluding carboxylic acids is 2. The summed E-state index contributed by atoms with van der Waals surface area (Å²) in [6, 6.07) is 15.5. The summed E-state index contributed by atoms with van der Waals surface area (Å²) in [6.45, 7) is 4.43. The predicted molar refractivity (Wildman–Crippen MR) is 143 cm³/mol. The molecular weight excluding hydrogens is 494 g/mol. The molecule has 10 nitrogen and oxygen atoms in total. The fraction of sp³-hybridized carbons (Fsp3) is 0.310. The standard InChI is InChI=1S/C29H29N7O3/c1-3-4-9-23-30-22-14-15-35-26(27(38)24(17(2)37)29(35)39)25(22)36(23)16-18-10-12-19(13-11-18)20-7-5-6-8-21(20)28-31-33-34-32-28/h5-8,10-13,26,38H,3-4,9,14-16H2,1-2H3,(H,31,32,33,34). The van der Waals surface area contributed by atoms with Crippen LogP contribution in [0.25, 0.3) is 22.5 Å². The van der Waals surface area contributed by atoms with Gasteiger partial charge in [0.25, 0.3) is 5.91 Å². The number of aromatic nitrogens is 6. The molecule has 4 aromatic rings. The van der Waals surface area contributed by atoms with Gasteiger partial charge in [0.05, 0.1) is 11.4 Å². The van der Waals surface area contributed by atoms with Crippen LogP contribution in [0.15, 0.2) is 59.9 Å². The number of nitrogens with zero attached hydrogens (tertiary/aromatic N) is 6. The van der Waals surface area contributed by atoms with Crippen LogP contribution in [0.5, 0.6) is 0 Å². The lowest BCUT2D eigenvalue weighted by Gasteiger charge is -2.31. The maximum absolute atomic E-state index is 13.0. The van der Waals surface area contributed by atoms with E-state index in [2.05, 4.69) is 56.4 Å². The summed E-state index contributed by atoms with van der Waals surface area (Å²) in [5, 5.41) is 25.5. The third-order valence-corrected chi connectivity index (χ3v) is 7.54. The van der Waals surface area contributed by atoms with Gasteiger partial charge in [-0.1, -0.05) is 61.9 Å². The minimum Gasteiger partial charge on any atom is -0.509 e. The van der Waals surface area contributed by atoms with E-state index >= 15 is 0 Å². The number of fused-ring (bicyclic) bond motifs is 3. The van der Waals surface area contributed by atoms with Crippen molar-refractivity contribution in [2.75, 3.05) is 6.54 Å². The first-order chi connectivity index (χ1) is 19.0. The van der Waals surface area contributed by atoms with Crippen molar-refractivity contribution in [3.8, 4) is 22.5 Å². The number of aryl methyl sites for hydroxylation is 1. The van der Waals surface area contributed by atoms with E-state index < -0.39 is 17.7 Å². The zero-order valence-electron chi connectivity index (χ0n) is 21.9. The van der Waals surface area contributed by atoms with Gasteiger partial charge in [-0.2, -0.15) is 5.21 Å². The third-order valence-electron chi connectivity index (χ3n) is 7.54. The van der Waals surface area contributed by atoms with Crippen LogP contribution in [0.2, 0.25) is 0 Å². The smallest absolute Gasteiger partial charge is 0.261 e. The van der Waals surface area contributed by atoms with Gasteiger partial charge in [-0.05, 0) is 35.2 Å². The number of aliphatic hydroxyl groups excluding tert-OH is 1. The average molecular weight is 524 g/mol. The maximum Gasteiger partial charge on any atom is 0.261 e. The first kappa shape index (κ1) is 24.7. The Morgan fingerprint density at radius 1 is 1.13 bits per heavy atom. The minimum absolute atomic E-state index is 0.111. The summed E-state index contributed by atoms with van der Waals surface area (Å²) < 4.78 is 2.14. The molecule has 0 aliphatic carbocycles. The number of rotatable bonds is 8. The monoisotopic (exact) mass is 523 g/mol. The Balaban J connectivity index is 1.37. The summed E-state index contributed by atoms with van der Waals surface area (Å²) in [5.41, 5.74) is 5.56. The van der Waals surface area contributed by atoms with Crippen molar-refractivity contribution in [1.82, 2.24) is 35.1 Å². The molecule has 39 heavy (non-hydrogen) atoms. The molecule has 0 spiro atoms. The van der Waals surface area contributed by atoms with E-state index in [1.165, 1.54) is 6.92 Å². The van der Waals surface area contributed by atoms with Crippen LogP contribution in [-0.2, 0) is 29.0 Å². The third kappa shape index (κ3) is 4.21. The number of hydrogen-bond acceptors (Lipinski definition) is 7. The molecule has 0 saturated carbocycles. The highest BCUT2D eigenvalue weighted by atomic mass is 16.3. The molecule has 2 aromatic carbocycles. The molecule has 1 atom stereocenters. The Morgan fingerprint density at radius 2 is 1.90 bits per heavy atom. The maximum atomic E-state index is 13.0. The predicted octanol–water partition coefficient (Wildman–Crippen LogP) is 3.96. The number of tetrazole rings is 1. The molecule has 4 heterocycles. The second-order valence-corrected chi connectivity index (χ2v) is 10.00. The molecule has 2 aromatic heterocycles. The molecule has 0 radical (unpaired) electrons. The number of aromatic amines is 1. The van der Waals surface area contributed by atoms with Gasteiger partial charge in [-0.3, -0.25) is 9.59 Å². The van der Waals surface area contributed by atoms with E-state index in [-0.39, 0.29) is 11.3 Å². The van der Waals surface area contributed by atoms with Gasteiger partial charge in [0, 0.05) is 31.5 Å². The molecule has 2 aliphatic rings. The lowest BCUT2D eigenvalue weighted by atomic mass is 9.98. The molecule has 10 heteroatoms. The lowest BCUT2D eigenvalue weighted by molar-refractivity contribution is -0.129. The van der Waals surface area contributed by atoms with Crippen LogP contribution in [0.3, 0.4) is 0 Å². The summed E-state index contributed by atoms with van der Waals surface area (Å²) in [5.74, 6) is 0.496. The minimum atomic E-state index is -0.677. The number of hydrogen-bond donors (Lipinski definition) is 2. The molecular formula is C29H29N7O3. The van der Waals surface area contributed by atoms with Gasteiger partial charge in [0.2, 0.25) is 5.82 Å². The van der Waals surface area contributed by atoms with Crippen LogP contribution < -0.4 is 0 Å². The molecule has 2 aliphatic heterocycles. The van der Waals surface area contributed by atoms with Crippen molar-refractivity contribution < 1.29 is 14.7 Å². The first-order valence-corrected chi connectivity index (χ1v) is 13.2. The fourth-order valence-electron chi connectivity index (χ4n) is 5.66. The number of carbonyl (C=O) groups is 2. The van der Waals surface area contributed by atoms with Crippen molar-refractivity contribution in [2.24, 2.45) is 0 Å². The Bertz CT molecular complexity index is 1590. The largest absolute Gasteiger partial charge is 0.509 e. The zero-order valence-corrected chi connectivity index (χ0v) is 21.9. The molecule has 198 valence electrons.